The van der Waals surface area contributed by atoms with Gasteiger partial charge in [-0.05, 0) is 23.9 Å². The van der Waals surface area contributed by atoms with Crippen LogP contribution < -0.4 is 0 Å². The van der Waals surface area contributed by atoms with Gasteiger partial charge in [0.05, 0.1) is 11.5 Å². The van der Waals surface area contributed by atoms with Crippen LogP contribution >= 0.6 is 11.8 Å². The van der Waals surface area contributed by atoms with Crippen molar-refractivity contribution in [1.29, 1.82) is 0 Å². The second-order valence-corrected chi connectivity index (χ2v) is 5.68. The standard InChI is InChI=1S/C14H16O2S/c1-9-7-13(17-10(2)8-15)14(16)12-6-4-3-5-11(9)12/h3-7,10,15-16H,8H2,1-2H3. The first-order valence-corrected chi connectivity index (χ1v) is 6.50. The second kappa shape index (κ2) is 4.98. The molecule has 0 heterocycles. The van der Waals surface area contributed by atoms with Crippen molar-refractivity contribution in [1.82, 2.24) is 0 Å². The first kappa shape index (κ1) is 12.3. The Hall–Kier alpha value is -1.19. The van der Waals surface area contributed by atoms with E-state index in [-0.39, 0.29) is 11.9 Å². The lowest BCUT2D eigenvalue weighted by molar-refractivity contribution is 0.300. The predicted octanol–water partition coefficient (Wildman–Crippen LogP) is 3.33. The quantitative estimate of drug-likeness (QED) is 0.819. The van der Waals surface area contributed by atoms with Gasteiger partial charge in [0.15, 0.2) is 0 Å². The van der Waals surface area contributed by atoms with Gasteiger partial charge in [0.1, 0.15) is 5.75 Å². The van der Waals surface area contributed by atoms with Crippen molar-refractivity contribution < 1.29 is 10.2 Å². The lowest BCUT2D eigenvalue weighted by Gasteiger charge is -2.13. The number of phenols is 1. The highest BCUT2D eigenvalue weighted by Crippen LogP contribution is 2.38. The van der Waals surface area contributed by atoms with Crippen molar-refractivity contribution in [2.75, 3.05) is 6.61 Å². The van der Waals surface area contributed by atoms with Crippen LogP contribution in [0, 0.1) is 6.92 Å². The summed E-state index contributed by atoms with van der Waals surface area (Å²) in [7, 11) is 0. The van der Waals surface area contributed by atoms with Crippen molar-refractivity contribution in [3.8, 4) is 5.75 Å². The smallest absolute Gasteiger partial charge is 0.136 e. The molecule has 3 heteroatoms. The van der Waals surface area contributed by atoms with E-state index >= 15 is 0 Å². The van der Waals surface area contributed by atoms with E-state index in [2.05, 4.69) is 0 Å². The fourth-order valence-electron chi connectivity index (χ4n) is 1.85. The number of rotatable bonds is 3. The maximum absolute atomic E-state index is 10.2. The van der Waals surface area contributed by atoms with Crippen LogP contribution in [-0.2, 0) is 0 Å². The van der Waals surface area contributed by atoms with E-state index in [1.54, 1.807) is 0 Å². The minimum absolute atomic E-state index is 0.0847. The summed E-state index contributed by atoms with van der Waals surface area (Å²) in [5.74, 6) is 0.316. The van der Waals surface area contributed by atoms with Crippen molar-refractivity contribution >= 4 is 22.5 Å². The number of aromatic hydroxyl groups is 1. The largest absolute Gasteiger partial charge is 0.506 e. The summed E-state index contributed by atoms with van der Waals surface area (Å²) in [6.07, 6.45) is 0. The number of thioether (sulfide) groups is 1. The first-order valence-electron chi connectivity index (χ1n) is 5.62. The van der Waals surface area contributed by atoms with Gasteiger partial charge in [-0.3, -0.25) is 0 Å². The molecule has 0 radical (unpaired) electrons. The summed E-state index contributed by atoms with van der Waals surface area (Å²) in [4.78, 5) is 0.836. The molecule has 1 unspecified atom stereocenters. The Kier molecular flexibility index (Phi) is 3.60. The number of hydrogen-bond acceptors (Lipinski definition) is 3. The van der Waals surface area contributed by atoms with Crippen molar-refractivity contribution in [2.24, 2.45) is 0 Å². The Labute approximate surface area is 105 Å². The molecule has 0 aromatic heterocycles. The maximum atomic E-state index is 10.2. The van der Waals surface area contributed by atoms with Crippen LogP contribution in [0.3, 0.4) is 0 Å². The number of fused-ring (bicyclic) bond motifs is 1. The monoisotopic (exact) mass is 248 g/mol. The summed E-state index contributed by atoms with van der Waals surface area (Å²) in [6, 6.07) is 9.80. The van der Waals surface area contributed by atoms with Gasteiger partial charge in [0.2, 0.25) is 0 Å². The third-order valence-corrected chi connectivity index (χ3v) is 3.89. The van der Waals surface area contributed by atoms with E-state index in [0.29, 0.717) is 5.75 Å². The van der Waals surface area contributed by atoms with Crippen LogP contribution in [-0.4, -0.2) is 22.1 Å². The minimum Gasteiger partial charge on any atom is -0.506 e. The third kappa shape index (κ3) is 2.40. The lowest BCUT2D eigenvalue weighted by atomic mass is 10.0. The topological polar surface area (TPSA) is 40.5 Å². The molecule has 1 atom stereocenters. The molecule has 0 spiro atoms. The van der Waals surface area contributed by atoms with Crippen LogP contribution in [0.1, 0.15) is 12.5 Å². The van der Waals surface area contributed by atoms with Crippen LogP contribution in [0.2, 0.25) is 0 Å². The van der Waals surface area contributed by atoms with Gasteiger partial charge in [-0.25, -0.2) is 0 Å². The predicted molar refractivity (Wildman–Crippen MR) is 72.8 cm³/mol. The molecule has 0 aliphatic heterocycles. The molecule has 0 saturated heterocycles. The van der Waals surface area contributed by atoms with E-state index in [1.165, 1.54) is 11.8 Å². The molecular weight excluding hydrogens is 232 g/mol. The molecule has 0 aliphatic carbocycles. The Balaban J connectivity index is 2.55. The Bertz CT molecular complexity index is 537. The van der Waals surface area contributed by atoms with Gasteiger partial charge in [-0.15, -0.1) is 11.8 Å². The van der Waals surface area contributed by atoms with Crippen LogP contribution in [0.15, 0.2) is 35.2 Å². The number of benzene rings is 2. The summed E-state index contributed by atoms with van der Waals surface area (Å²) < 4.78 is 0. The zero-order chi connectivity index (χ0) is 12.4. The van der Waals surface area contributed by atoms with E-state index in [1.807, 2.05) is 44.2 Å². The molecular formula is C14H16O2S. The number of phenolic OH excluding ortho intramolecular Hbond substituents is 1. The molecule has 2 nitrogen and oxygen atoms in total. The fraction of sp³-hybridized carbons (Fsp3) is 0.286. The zero-order valence-corrected chi connectivity index (χ0v) is 10.8. The SMILES string of the molecule is Cc1cc(SC(C)CO)c(O)c2ccccc12. The highest BCUT2D eigenvalue weighted by Gasteiger charge is 2.12. The van der Waals surface area contributed by atoms with E-state index in [9.17, 15) is 5.11 Å². The normalized spacial score (nSPS) is 12.9. The van der Waals surface area contributed by atoms with Gasteiger partial charge < -0.3 is 10.2 Å². The van der Waals surface area contributed by atoms with Gasteiger partial charge in [0, 0.05) is 10.6 Å². The zero-order valence-electron chi connectivity index (χ0n) is 9.97. The van der Waals surface area contributed by atoms with Crippen LogP contribution in [0.5, 0.6) is 5.75 Å². The molecule has 17 heavy (non-hydrogen) atoms. The summed E-state index contributed by atoms with van der Waals surface area (Å²) in [5, 5.41) is 21.3. The first-order chi connectivity index (χ1) is 8.13. The van der Waals surface area contributed by atoms with E-state index < -0.39 is 0 Å². The molecule has 0 saturated carbocycles. The molecule has 2 rings (SSSR count). The Morgan fingerprint density at radius 1 is 1.24 bits per heavy atom. The molecule has 2 aromatic carbocycles. The molecule has 2 N–H and O–H groups in total. The second-order valence-electron chi connectivity index (χ2n) is 4.20. The summed E-state index contributed by atoms with van der Waals surface area (Å²) >= 11 is 1.50. The van der Waals surface area contributed by atoms with E-state index in [0.717, 1.165) is 21.2 Å². The summed E-state index contributed by atoms with van der Waals surface area (Å²) in [5.41, 5.74) is 1.14. The number of aryl methyl sites for hydroxylation is 1. The average molecular weight is 248 g/mol. The molecule has 0 amide bonds. The maximum Gasteiger partial charge on any atom is 0.136 e. The van der Waals surface area contributed by atoms with Crippen molar-refractivity contribution in [3.05, 3.63) is 35.9 Å². The van der Waals surface area contributed by atoms with Crippen LogP contribution in [0.25, 0.3) is 10.8 Å². The summed E-state index contributed by atoms with van der Waals surface area (Å²) in [6.45, 7) is 4.08. The molecule has 0 aliphatic rings. The molecule has 90 valence electrons. The fourth-order valence-corrected chi connectivity index (χ4v) is 2.83. The molecule has 0 bridgehead atoms. The highest BCUT2D eigenvalue weighted by atomic mass is 32.2. The van der Waals surface area contributed by atoms with Crippen LogP contribution in [0.4, 0.5) is 0 Å². The molecule has 0 fully saturated rings. The number of aliphatic hydroxyl groups is 1. The van der Waals surface area contributed by atoms with Crippen molar-refractivity contribution in [2.45, 2.75) is 24.0 Å². The van der Waals surface area contributed by atoms with E-state index in [4.69, 9.17) is 5.11 Å². The number of aliphatic hydroxyl groups excluding tert-OH is 1. The highest BCUT2D eigenvalue weighted by molar-refractivity contribution is 8.00. The Morgan fingerprint density at radius 2 is 1.88 bits per heavy atom. The number of hydrogen-bond donors (Lipinski definition) is 2. The van der Waals surface area contributed by atoms with Gasteiger partial charge in [0.25, 0.3) is 0 Å². The third-order valence-electron chi connectivity index (χ3n) is 2.77. The Morgan fingerprint density at radius 3 is 2.53 bits per heavy atom. The van der Waals surface area contributed by atoms with Gasteiger partial charge in [-0.2, -0.15) is 0 Å². The average Bonchev–Trinajstić information content (AvgIpc) is 2.35. The van der Waals surface area contributed by atoms with Gasteiger partial charge >= 0.3 is 0 Å². The molecule has 2 aromatic rings. The van der Waals surface area contributed by atoms with Crippen molar-refractivity contribution in [3.63, 3.8) is 0 Å². The minimum atomic E-state index is 0.0847. The lowest BCUT2D eigenvalue weighted by Crippen LogP contribution is -2.01. The van der Waals surface area contributed by atoms with Gasteiger partial charge in [-0.1, -0.05) is 31.2 Å².